The van der Waals surface area contributed by atoms with Crippen LogP contribution in [0.25, 0.3) is 22.4 Å². The molecular formula is C34H42BrN5O6. The largest absolute Gasteiger partial charge is 0.493 e. The number of nitrogens with one attached hydrogen (secondary N) is 1. The third kappa shape index (κ3) is 8.17. The van der Waals surface area contributed by atoms with Gasteiger partial charge in [0.25, 0.3) is 0 Å². The van der Waals surface area contributed by atoms with E-state index in [1.54, 1.807) is 26.0 Å². The van der Waals surface area contributed by atoms with Crippen LogP contribution in [-0.2, 0) is 20.9 Å². The van der Waals surface area contributed by atoms with Crippen molar-refractivity contribution in [2.75, 3.05) is 45.4 Å². The number of esters is 1. The van der Waals surface area contributed by atoms with E-state index in [-0.39, 0.29) is 37.6 Å². The number of methoxy groups -OCH3 is 2. The Morgan fingerprint density at radius 2 is 1.83 bits per heavy atom. The number of nitrogens with zero attached hydrogens (tertiary/aromatic N) is 3. The van der Waals surface area contributed by atoms with E-state index in [9.17, 15) is 14.7 Å². The highest BCUT2D eigenvalue weighted by molar-refractivity contribution is 9.10. The van der Waals surface area contributed by atoms with E-state index >= 15 is 0 Å². The number of nitrogens with two attached hydrogens (primary N) is 1. The van der Waals surface area contributed by atoms with Crippen LogP contribution in [0.4, 0.5) is 5.69 Å². The van der Waals surface area contributed by atoms with Crippen LogP contribution in [0.1, 0.15) is 50.4 Å². The Balaban J connectivity index is 1.65. The van der Waals surface area contributed by atoms with Gasteiger partial charge in [0.1, 0.15) is 12.4 Å². The molecule has 0 bridgehead atoms. The van der Waals surface area contributed by atoms with Crippen LogP contribution in [0, 0.1) is 0 Å². The number of aliphatic hydroxyl groups is 1. The Kier molecular flexibility index (Phi) is 12.0. The smallest absolute Gasteiger partial charge is 0.325 e. The minimum atomic E-state index is -0.419. The van der Waals surface area contributed by atoms with Crippen LogP contribution in [0.15, 0.2) is 59.1 Å². The predicted molar refractivity (Wildman–Crippen MR) is 182 cm³/mol. The SMILES string of the molecule is CCOC(=O)CN(CCO)c1ccc(-c2nc3cc(C(CC(N)=O)NCc4cc(Br)c(OC)c(OC)c4)ccc3n2C(C)C)cc1. The number of fused-ring (bicyclic) bond motifs is 1. The molecule has 0 aliphatic carbocycles. The molecule has 0 spiro atoms. The number of halogens is 1. The van der Waals surface area contributed by atoms with Crippen molar-refractivity contribution in [3.63, 3.8) is 0 Å². The van der Waals surface area contributed by atoms with E-state index in [4.69, 9.17) is 24.9 Å². The molecule has 4 rings (SSSR count). The third-order valence-corrected chi connectivity index (χ3v) is 8.16. The van der Waals surface area contributed by atoms with Gasteiger partial charge >= 0.3 is 5.97 Å². The molecule has 1 heterocycles. The number of rotatable bonds is 16. The highest BCUT2D eigenvalue weighted by Gasteiger charge is 2.21. The number of aliphatic hydroxyl groups excluding tert-OH is 1. The lowest BCUT2D eigenvalue weighted by molar-refractivity contribution is -0.141. The molecule has 3 aromatic carbocycles. The van der Waals surface area contributed by atoms with Gasteiger partial charge in [0.15, 0.2) is 11.5 Å². The summed E-state index contributed by atoms with van der Waals surface area (Å²) in [6, 6.07) is 17.4. The van der Waals surface area contributed by atoms with Crippen molar-refractivity contribution < 1.29 is 28.9 Å². The molecule has 1 unspecified atom stereocenters. The first-order valence-corrected chi connectivity index (χ1v) is 15.9. The molecule has 46 heavy (non-hydrogen) atoms. The van der Waals surface area contributed by atoms with Gasteiger partial charge in [0.2, 0.25) is 5.91 Å². The zero-order chi connectivity index (χ0) is 33.4. The molecule has 0 aliphatic heterocycles. The second kappa shape index (κ2) is 15.9. The van der Waals surface area contributed by atoms with E-state index < -0.39 is 5.91 Å². The molecule has 4 aromatic rings. The monoisotopic (exact) mass is 695 g/mol. The maximum Gasteiger partial charge on any atom is 0.325 e. The molecule has 0 saturated heterocycles. The fraction of sp³-hybridized carbons (Fsp3) is 0.382. The summed E-state index contributed by atoms with van der Waals surface area (Å²) in [6.07, 6.45) is 0.106. The fourth-order valence-corrected chi connectivity index (χ4v) is 6.14. The number of hydrogen-bond acceptors (Lipinski definition) is 9. The number of amides is 1. The summed E-state index contributed by atoms with van der Waals surface area (Å²) in [4.78, 5) is 31.1. The molecular weight excluding hydrogens is 654 g/mol. The maximum absolute atomic E-state index is 12.1. The summed E-state index contributed by atoms with van der Waals surface area (Å²) in [5.41, 5.74) is 11.0. The number of carbonyl (C=O) groups excluding carboxylic acids is 2. The summed E-state index contributed by atoms with van der Waals surface area (Å²) in [5.74, 6) is 1.23. The molecule has 0 fully saturated rings. The van der Waals surface area contributed by atoms with Crippen molar-refractivity contribution in [3.05, 3.63) is 70.2 Å². The van der Waals surface area contributed by atoms with Crippen LogP contribution in [0.2, 0.25) is 0 Å². The summed E-state index contributed by atoms with van der Waals surface area (Å²) in [5, 5.41) is 13.0. The first-order chi connectivity index (χ1) is 22.1. The average molecular weight is 697 g/mol. The van der Waals surface area contributed by atoms with Gasteiger partial charge in [-0.3, -0.25) is 9.59 Å². The fourth-order valence-electron chi connectivity index (χ4n) is 5.49. The lowest BCUT2D eigenvalue weighted by atomic mass is 10.0. The van der Waals surface area contributed by atoms with Crippen molar-refractivity contribution in [2.24, 2.45) is 5.73 Å². The van der Waals surface area contributed by atoms with Crippen molar-refractivity contribution in [2.45, 2.75) is 45.8 Å². The van der Waals surface area contributed by atoms with E-state index in [2.05, 4.69) is 39.7 Å². The van der Waals surface area contributed by atoms with E-state index in [1.807, 2.05) is 54.6 Å². The molecule has 0 radical (unpaired) electrons. The summed E-state index contributed by atoms with van der Waals surface area (Å²) in [6.45, 7) is 6.98. The number of hydrogen-bond donors (Lipinski definition) is 3. The van der Waals surface area contributed by atoms with Crippen molar-refractivity contribution in [1.82, 2.24) is 14.9 Å². The molecule has 1 atom stereocenters. The molecule has 0 saturated carbocycles. The topological polar surface area (TPSA) is 141 Å². The Bertz CT molecular complexity index is 1660. The van der Waals surface area contributed by atoms with Crippen molar-refractivity contribution in [3.8, 4) is 22.9 Å². The lowest BCUT2D eigenvalue weighted by Gasteiger charge is -2.23. The highest BCUT2D eigenvalue weighted by Crippen LogP contribution is 2.37. The van der Waals surface area contributed by atoms with Crippen molar-refractivity contribution >= 4 is 44.5 Å². The van der Waals surface area contributed by atoms with Gasteiger partial charge < -0.3 is 39.8 Å². The maximum atomic E-state index is 12.1. The van der Waals surface area contributed by atoms with Gasteiger partial charge in [-0.2, -0.15) is 0 Å². The molecule has 1 amide bonds. The highest BCUT2D eigenvalue weighted by atomic mass is 79.9. The molecule has 11 nitrogen and oxygen atoms in total. The predicted octanol–water partition coefficient (Wildman–Crippen LogP) is 5.13. The third-order valence-electron chi connectivity index (χ3n) is 7.57. The molecule has 12 heteroatoms. The summed E-state index contributed by atoms with van der Waals surface area (Å²) in [7, 11) is 3.17. The van der Waals surface area contributed by atoms with Gasteiger partial charge in [-0.25, -0.2) is 4.98 Å². The van der Waals surface area contributed by atoms with Gasteiger partial charge in [-0.1, -0.05) is 6.07 Å². The van der Waals surface area contributed by atoms with E-state index in [0.717, 1.165) is 43.7 Å². The number of aromatic nitrogens is 2. The summed E-state index contributed by atoms with van der Waals surface area (Å²) < 4.78 is 19.0. The van der Waals surface area contributed by atoms with Gasteiger partial charge in [-0.15, -0.1) is 0 Å². The first kappa shape index (κ1) is 34.7. The molecule has 4 N–H and O–H groups in total. The average Bonchev–Trinajstić information content (AvgIpc) is 3.42. The van der Waals surface area contributed by atoms with Crippen LogP contribution in [-0.4, -0.2) is 67.1 Å². The normalized spacial score (nSPS) is 11.9. The zero-order valence-electron chi connectivity index (χ0n) is 26.9. The second-order valence-corrected chi connectivity index (χ2v) is 11.9. The molecule has 246 valence electrons. The van der Waals surface area contributed by atoms with Gasteiger partial charge in [0.05, 0.1) is 42.9 Å². The lowest BCUT2D eigenvalue weighted by Crippen LogP contribution is -2.33. The van der Waals surface area contributed by atoms with Gasteiger partial charge in [0, 0.05) is 42.8 Å². The van der Waals surface area contributed by atoms with Crippen LogP contribution in [0.3, 0.4) is 0 Å². The van der Waals surface area contributed by atoms with Crippen LogP contribution in [0.5, 0.6) is 11.5 Å². The number of imidazole rings is 1. The van der Waals surface area contributed by atoms with E-state index in [1.165, 1.54) is 0 Å². The Hall–Kier alpha value is -4.13. The first-order valence-electron chi connectivity index (χ1n) is 15.2. The van der Waals surface area contributed by atoms with Crippen molar-refractivity contribution in [1.29, 1.82) is 0 Å². The zero-order valence-corrected chi connectivity index (χ0v) is 28.5. The van der Waals surface area contributed by atoms with E-state index in [0.29, 0.717) is 31.2 Å². The second-order valence-electron chi connectivity index (χ2n) is 11.1. The van der Waals surface area contributed by atoms with Crippen LogP contribution < -0.4 is 25.4 Å². The number of ether oxygens (including phenoxy) is 3. The number of primary amides is 1. The minimum Gasteiger partial charge on any atom is -0.493 e. The Morgan fingerprint density at radius 3 is 2.43 bits per heavy atom. The molecule has 1 aromatic heterocycles. The quantitative estimate of drug-likeness (QED) is 0.136. The molecule has 0 aliphatic rings. The standard InChI is InChI=1S/C34H42BrN5O6/c1-6-46-32(43)20-39(13-14-41)25-10-7-23(8-11-25)34-38-28-17-24(9-12-29(28)40(34)21(2)3)27(18-31(36)42)37-19-22-15-26(35)33(45-5)30(16-22)44-4/h7-12,15-17,21,27,37,41H,6,13-14,18-20H2,1-5H3,(H2,36,42). The number of anilines is 1. The Labute approximate surface area is 277 Å². The van der Waals surface area contributed by atoms with Gasteiger partial charge in [-0.05, 0) is 96.4 Å². The Morgan fingerprint density at radius 1 is 1.09 bits per heavy atom. The minimum absolute atomic E-state index is 0.0464. The number of benzene rings is 3. The number of carbonyl (C=O) groups is 2. The van der Waals surface area contributed by atoms with Crippen LogP contribution >= 0.6 is 15.9 Å². The summed E-state index contributed by atoms with van der Waals surface area (Å²) >= 11 is 3.54.